The monoisotopic (exact) mass is 609 g/mol. The predicted molar refractivity (Wildman–Crippen MR) is 170 cm³/mol. The number of fused-ring (bicyclic) bond motifs is 3. The number of carbonyl (C=O) groups is 3. The minimum Gasteiger partial charge on any atom is -0.467 e. The molecule has 9 heteroatoms. The molecule has 0 saturated heterocycles. The van der Waals surface area contributed by atoms with Gasteiger partial charge < -0.3 is 25.8 Å². The van der Waals surface area contributed by atoms with Crippen molar-refractivity contribution in [1.29, 1.82) is 0 Å². The lowest BCUT2D eigenvalue weighted by Gasteiger charge is -2.18. The van der Waals surface area contributed by atoms with E-state index in [2.05, 4.69) is 34.6 Å². The van der Waals surface area contributed by atoms with Gasteiger partial charge in [-0.25, -0.2) is 9.59 Å². The standard InChI is InChI=1S/C35H31N3O5.ClH/c1-42-34(40)32(38-33(39)26-18-16-24(17-19-26)11-10-23-12-14-25(20-36)15-13-23)21-37-35(41)43-22-31-29-8-4-2-6-27(29)28-7-3-5-9-30(28)31;/h2-9,12-19,31-32H,20-22,36H2,1H3,(H,37,41)(H,38,39);1H. The van der Waals surface area contributed by atoms with Crippen LogP contribution < -0.4 is 16.4 Å². The lowest BCUT2D eigenvalue weighted by atomic mass is 9.98. The molecule has 1 unspecified atom stereocenters. The van der Waals surface area contributed by atoms with Gasteiger partial charge in [0, 0.05) is 29.2 Å². The third-order valence-corrected chi connectivity index (χ3v) is 7.27. The smallest absolute Gasteiger partial charge is 0.407 e. The van der Waals surface area contributed by atoms with Crippen molar-refractivity contribution in [2.24, 2.45) is 5.73 Å². The summed E-state index contributed by atoms with van der Waals surface area (Å²) in [5.41, 5.74) is 13.0. The molecular formula is C35H32ClN3O5. The van der Waals surface area contributed by atoms with Gasteiger partial charge in [-0.2, -0.15) is 0 Å². The van der Waals surface area contributed by atoms with Gasteiger partial charge in [0.2, 0.25) is 0 Å². The van der Waals surface area contributed by atoms with E-state index >= 15 is 0 Å². The number of hydrogen-bond donors (Lipinski definition) is 3. The van der Waals surface area contributed by atoms with Crippen LogP contribution in [0.4, 0.5) is 4.79 Å². The fourth-order valence-corrected chi connectivity index (χ4v) is 4.99. The van der Waals surface area contributed by atoms with E-state index in [9.17, 15) is 14.4 Å². The largest absolute Gasteiger partial charge is 0.467 e. The Bertz CT molecular complexity index is 1650. The van der Waals surface area contributed by atoms with Gasteiger partial charge in [-0.15, -0.1) is 12.4 Å². The van der Waals surface area contributed by atoms with E-state index in [0.717, 1.165) is 38.9 Å². The van der Waals surface area contributed by atoms with Crippen molar-refractivity contribution in [1.82, 2.24) is 10.6 Å². The molecule has 4 N–H and O–H groups in total. The number of carbonyl (C=O) groups excluding carboxylic acids is 3. The summed E-state index contributed by atoms with van der Waals surface area (Å²) in [5.74, 6) is 4.84. The van der Waals surface area contributed by atoms with E-state index in [4.69, 9.17) is 15.2 Å². The highest BCUT2D eigenvalue weighted by Gasteiger charge is 2.29. The summed E-state index contributed by atoms with van der Waals surface area (Å²) in [7, 11) is 1.21. The number of esters is 1. The fourth-order valence-electron chi connectivity index (χ4n) is 4.99. The molecule has 8 nitrogen and oxygen atoms in total. The zero-order chi connectivity index (χ0) is 30.2. The fraction of sp³-hybridized carbons (Fsp3) is 0.171. The minimum atomic E-state index is -1.12. The van der Waals surface area contributed by atoms with Crippen LogP contribution in [0.2, 0.25) is 0 Å². The second kappa shape index (κ2) is 14.9. The number of alkyl carbamates (subject to hydrolysis) is 1. The van der Waals surface area contributed by atoms with E-state index in [1.807, 2.05) is 60.7 Å². The van der Waals surface area contributed by atoms with E-state index in [1.54, 1.807) is 24.3 Å². The number of methoxy groups -OCH3 is 1. The summed E-state index contributed by atoms with van der Waals surface area (Å²) in [4.78, 5) is 37.9. The normalized spacial score (nSPS) is 11.9. The lowest BCUT2D eigenvalue weighted by molar-refractivity contribution is -0.142. The van der Waals surface area contributed by atoms with Crippen molar-refractivity contribution in [2.45, 2.75) is 18.5 Å². The molecule has 0 spiro atoms. The summed E-state index contributed by atoms with van der Waals surface area (Å²) in [6.07, 6.45) is -0.703. The van der Waals surface area contributed by atoms with Gasteiger partial charge in [0.15, 0.2) is 0 Å². The molecule has 0 heterocycles. The molecule has 5 rings (SSSR count). The zero-order valence-electron chi connectivity index (χ0n) is 24.0. The van der Waals surface area contributed by atoms with Crippen LogP contribution in [0.25, 0.3) is 11.1 Å². The van der Waals surface area contributed by atoms with Gasteiger partial charge in [-0.1, -0.05) is 72.5 Å². The van der Waals surface area contributed by atoms with Crippen LogP contribution in [0.5, 0.6) is 0 Å². The first-order valence-corrected chi connectivity index (χ1v) is 13.9. The molecule has 4 aromatic carbocycles. The predicted octanol–water partition coefficient (Wildman–Crippen LogP) is 4.78. The molecule has 44 heavy (non-hydrogen) atoms. The van der Waals surface area contributed by atoms with Gasteiger partial charge in [0.05, 0.1) is 13.7 Å². The number of rotatable bonds is 8. The first-order valence-electron chi connectivity index (χ1n) is 13.9. The number of halogens is 1. The summed E-state index contributed by atoms with van der Waals surface area (Å²) < 4.78 is 10.4. The molecule has 0 aromatic heterocycles. The maximum Gasteiger partial charge on any atom is 0.407 e. The quantitative estimate of drug-likeness (QED) is 0.195. The Morgan fingerprint density at radius 3 is 1.91 bits per heavy atom. The summed E-state index contributed by atoms with van der Waals surface area (Å²) in [5, 5.41) is 5.19. The second-order valence-electron chi connectivity index (χ2n) is 9.98. The third kappa shape index (κ3) is 7.45. The van der Waals surface area contributed by atoms with E-state index in [1.165, 1.54) is 7.11 Å². The zero-order valence-corrected chi connectivity index (χ0v) is 24.9. The van der Waals surface area contributed by atoms with E-state index in [-0.39, 0.29) is 31.5 Å². The van der Waals surface area contributed by atoms with Crippen molar-refractivity contribution in [3.63, 3.8) is 0 Å². The Morgan fingerprint density at radius 1 is 0.818 bits per heavy atom. The third-order valence-electron chi connectivity index (χ3n) is 7.27. The maximum absolute atomic E-state index is 12.9. The van der Waals surface area contributed by atoms with Crippen LogP contribution in [0.3, 0.4) is 0 Å². The lowest BCUT2D eigenvalue weighted by Crippen LogP contribution is -2.49. The molecule has 2 amide bonds. The number of nitrogens with one attached hydrogen (secondary N) is 2. The Balaban J connectivity index is 0.00000442. The molecule has 0 radical (unpaired) electrons. The second-order valence-corrected chi connectivity index (χ2v) is 9.98. The summed E-state index contributed by atoms with van der Waals surface area (Å²) in [6.45, 7) is 0.393. The Hall–Kier alpha value is -5.10. The SMILES string of the molecule is COC(=O)C(CNC(=O)OCC1c2ccccc2-c2ccccc21)NC(=O)c1ccc(C#Cc2ccc(CN)cc2)cc1.Cl. The number of amides is 2. The van der Waals surface area contributed by atoms with Gasteiger partial charge in [0.25, 0.3) is 5.91 Å². The van der Waals surface area contributed by atoms with Gasteiger partial charge >= 0.3 is 12.1 Å². The van der Waals surface area contributed by atoms with Crippen LogP contribution in [0, 0.1) is 11.8 Å². The molecule has 0 bridgehead atoms. The van der Waals surface area contributed by atoms with Gasteiger partial charge in [0.1, 0.15) is 12.6 Å². The number of hydrogen-bond acceptors (Lipinski definition) is 6. The molecule has 224 valence electrons. The Labute approximate surface area is 262 Å². The van der Waals surface area contributed by atoms with Crippen molar-refractivity contribution >= 4 is 30.4 Å². The average Bonchev–Trinajstić information content (AvgIpc) is 3.38. The molecule has 4 aromatic rings. The highest BCUT2D eigenvalue weighted by Crippen LogP contribution is 2.44. The van der Waals surface area contributed by atoms with Crippen LogP contribution in [-0.2, 0) is 20.8 Å². The van der Waals surface area contributed by atoms with E-state index < -0.39 is 24.0 Å². The summed E-state index contributed by atoms with van der Waals surface area (Å²) in [6, 6.07) is 29.3. The van der Waals surface area contributed by atoms with Crippen LogP contribution in [0.1, 0.15) is 44.1 Å². The first kappa shape index (κ1) is 31.8. The summed E-state index contributed by atoms with van der Waals surface area (Å²) >= 11 is 0. The number of benzene rings is 4. The first-order chi connectivity index (χ1) is 21.0. The molecule has 1 atom stereocenters. The molecule has 1 aliphatic rings. The molecule has 0 aliphatic heterocycles. The maximum atomic E-state index is 12.9. The van der Waals surface area contributed by atoms with Gasteiger partial charge in [-0.3, -0.25) is 4.79 Å². The van der Waals surface area contributed by atoms with E-state index in [0.29, 0.717) is 12.1 Å². The highest BCUT2D eigenvalue weighted by molar-refractivity contribution is 5.97. The molecule has 0 saturated carbocycles. The van der Waals surface area contributed by atoms with Crippen molar-refractivity contribution in [3.05, 3.63) is 130 Å². The Kier molecular flexibility index (Phi) is 10.8. The number of ether oxygens (including phenoxy) is 2. The van der Waals surface area contributed by atoms with Crippen LogP contribution in [-0.4, -0.2) is 44.3 Å². The van der Waals surface area contributed by atoms with Crippen LogP contribution >= 0.6 is 12.4 Å². The van der Waals surface area contributed by atoms with Crippen LogP contribution in [0.15, 0.2) is 97.1 Å². The number of nitrogens with two attached hydrogens (primary N) is 1. The molecule has 0 fully saturated rings. The van der Waals surface area contributed by atoms with Gasteiger partial charge in [-0.05, 0) is 64.2 Å². The van der Waals surface area contributed by atoms with Crippen molar-refractivity contribution < 1.29 is 23.9 Å². The average molecular weight is 610 g/mol. The topological polar surface area (TPSA) is 120 Å². The van der Waals surface area contributed by atoms with Crippen molar-refractivity contribution in [2.75, 3.05) is 20.3 Å². The highest BCUT2D eigenvalue weighted by atomic mass is 35.5. The molecule has 1 aliphatic carbocycles. The Morgan fingerprint density at radius 2 is 1.36 bits per heavy atom. The minimum absolute atomic E-state index is 0. The van der Waals surface area contributed by atoms with Crippen molar-refractivity contribution in [3.8, 4) is 23.0 Å². The molecular weight excluding hydrogens is 578 g/mol.